The minimum atomic E-state index is -0.362. The molecule has 2 heterocycles. The maximum absolute atomic E-state index is 11.4. The van der Waals surface area contributed by atoms with Gasteiger partial charge in [-0.05, 0) is 45.8 Å². The Kier molecular flexibility index (Phi) is 5.15. The molecule has 0 saturated carbocycles. The summed E-state index contributed by atoms with van der Waals surface area (Å²) >= 11 is 1.50. The van der Waals surface area contributed by atoms with Gasteiger partial charge in [-0.3, -0.25) is 0 Å². The van der Waals surface area contributed by atoms with Crippen molar-refractivity contribution >= 4 is 22.4 Å². The molecule has 1 saturated heterocycles. The highest BCUT2D eigenvalue weighted by Gasteiger charge is 2.15. The van der Waals surface area contributed by atoms with Crippen LogP contribution in [0.5, 0.6) is 0 Å². The molecule has 1 aromatic rings. The van der Waals surface area contributed by atoms with Crippen LogP contribution in [0, 0.1) is 6.92 Å². The number of aromatic nitrogens is 1. The summed E-state index contributed by atoms with van der Waals surface area (Å²) in [6, 6.07) is 0. The third-order valence-corrected chi connectivity index (χ3v) is 4.23. The molecule has 1 aliphatic rings. The van der Waals surface area contributed by atoms with Crippen molar-refractivity contribution in [2.45, 2.75) is 26.2 Å². The summed E-state index contributed by atoms with van der Waals surface area (Å²) in [5.74, 6) is -0.362. The maximum Gasteiger partial charge on any atom is 0.357 e. The van der Waals surface area contributed by atoms with E-state index in [4.69, 9.17) is 4.74 Å². The van der Waals surface area contributed by atoms with Crippen LogP contribution in [0.3, 0.4) is 0 Å². The Labute approximate surface area is 118 Å². The molecule has 0 bridgehead atoms. The molecule has 0 unspecified atom stereocenters. The van der Waals surface area contributed by atoms with E-state index in [1.165, 1.54) is 44.4 Å². The molecule has 0 aromatic carbocycles. The van der Waals surface area contributed by atoms with Gasteiger partial charge in [-0.15, -0.1) is 11.3 Å². The molecule has 0 amide bonds. The number of carbonyl (C=O) groups is 1. The number of rotatable bonds is 6. The first-order valence-corrected chi connectivity index (χ1v) is 7.54. The van der Waals surface area contributed by atoms with E-state index in [-0.39, 0.29) is 5.97 Å². The number of methoxy groups -OCH3 is 1. The maximum atomic E-state index is 11.4. The van der Waals surface area contributed by atoms with E-state index < -0.39 is 0 Å². The van der Waals surface area contributed by atoms with Crippen LogP contribution in [0.15, 0.2) is 0 Å². The van der Waals surface area contributed by atoms with Gasteiger partial charge in [0.2, 0.25) is 0 Å². The molecular formula is C13H21N3O2S. The van der Waals surface area contributed by atoms with Crippen molar-refractivity contribution in [2.75, 3.05) is 38.6 Å². The van der Waals surface area contributed by atoms with Gasteiger partial charge in [0.05, 0.1) is 7.11 Å². The highest BCUT2D eigenvalue weighted by Crippen LogP contribution is 2.22. The van der Waals surface area contributed by atoms with Crippen molar-refractivity contribution in [1.82, 2.24) is 9.88 Å². The van der Waals surface area contributed by atoms with E-state index in [9.17, 15) is 4.79 Å². The van der Waals surface area contributed by atoms with Crippen LogP contribution in [-0.4, -0.2) is 49.1 Å². The predicted octanol–water partition coefficient (Wildman–Crippen LogP) is 2.14. The lowest BCUT2D eigenvalue weighted by atomic mass is 10.4. The molecule has 1 aromatic heterocycles. The number of hydrogen-bond acceptors (Lipinski definition) is 6. The van der Waals surface area contributed by atoms with E-state index in [1.54, 1.807) is 0 Å². The van der Waals surface area contributed by atoms with Gasteiger partial charge >= 0.3 is 5.97 Å². The van der Waals surface area contributed by atoms with E-state index in [1.807, 2.05) is 6.92 Å². The second kappa shape index (κ2) is 6.86. The number of ether oxygens (including phenoxy) is 1. The lowest BCUT2D eigenvalue weighted by Crippen LogP contribution is -2.22. The molecule has 1 N–H and O–H groups in total. The standard InChI is InChI=1S/C13H21N3O2S/c1-10-11(12(17)18-2)15-13(19-10)14-6-5-9-16-7-3-4-8-16/h3-9H2,1-2H3,(H,14,15). The Morgan fingerprint density at radius 3 is 2.89 bits per heavy atom. The molecular weight excluding hydrogens is 262 g/mol. The summed E-state index contributed by atoms with van der Waals surface area (Å²) in [5, 5.41) is 4.09. The third kappa shape index (κ3) is 3.91. The average Bonchev–Trinajstić information content (AvgIpc) is 3.03. The topological polar surface area (TPSA) is 54.5 Å². The monoisotopic (exact) mass is 283 g/mol. The van der Waals surface area contributed by atoms with Crippen molar-refractivity contribution in [2.24, 2.45) is 0 Å². The van der Waals surface area contributed by atoms with E-state index >= 15 is 0 Å². The van der Waals surface area contributed by atoms with Crippen LogP contribution in [0.2, 0.25) is 0 Å². The first-order chi connectivity index (χ1) is 9.20. The van der Waals surface area contributed by atoms with Crippen LogP contribution < -0.4 is 5.32 Å². The molecule has 5 nitrogen and oxygen atoms in total. The molecule has 1 fully saturated rings. The fourth-order valence-electron chi connectivity index (χ4n) is 2.26. The van der Waals surface area contributed by atoms with E-state index in [2.05, 4.69) is 15.2 Å². The van der Waals surface area contributed by atoms with Gasteiger partial charge < -0.3 is 15.0 Å². The number of aryl methyl sites for hydroxylation is 1. The lowest BCUT2D eigenvalue weighted by Gasteiger charge is -2.13. The Hall–Kier alpha value is -1.14. The molecule has 2 rings (SSSR count). The smallest absolute Gasteiger partial charge is 0.357 e. The Bertz CT molecular complexity index is 428. The number of thiazole rings is 1. The minimum absolute atomic E-state index is 0.362. The molecule has 0 aliphatic carbocycles. The molecule has 0 spiro atoms. The molecule has 1 aliphatic heterocycles. The number of carbonyl (C=O) groups excluding carboxylic acids is 1. The summed E-state index contributed by atoms with van der Waals surface area (Å²) in [7, 11) is 1.38. The zero-order valence-corrected chi connectivity index (χ0v) is 12.4. The minimum Gasteiger partial charge on any atom is -0.464 e. The Morgan fingerprint density at radius 1 is 1.47 bits per heavy atom. The fourth-order valence-corrected chi connectivity index (χ4v) is 3.09. The number of hydrogen-bond donors (Lipinski definition) is 1. The van der Waals surface area contributed by atoms with E-state index in [0.717, 1.165) is 29.5 Å². The zero-order valence-electron chi connectivity index (χ0n) is 11.6. The van der Waals surface area contributed by atoms with Crippen molar-refractivity contribution in [3.05, 3.63) is 10.6 Å². The highest BCUT2D eigenvalue weighted by molar-refractivity contribution is 7.15. The zero-order chi connectivity index (χ0) is 13.7. The number of nitrogens with zero attached hydrogens (tertiary/aromatic N) is 2. The van der Waals surface area contributed by atoms with Gasteiger partial charge in [-0.25, -0.2) is 9.78 Å². The van der Waals surface area contributed by atoms with Crippen molar-refractivity contribution in [3.8, 4) is 0 Å². The van der Waals surface area contributed by atoms with Gasteiger partial charge in [-0.1, -0.05) is 0 Å². The number of anilines is 1. The fraction of sp³-hybridized carbons (Fsp3) is 0.692. The van der Waals surface area contributed by atoms with Crippen molar-refractivity contribution in [3.63, 3.8) is 0 Å². The van der Waals surface area contributed by atoms with E-state index in [0.29, 0.717) is 5.69 Å². The SMILES string of the molecule is COC(=O)c1nc(NCCCN2CCCC2)sc1C. The van der Waals surface area contributed by atoms with Crippen LogP contribution >= 0.6 is 11.3 Å². The second-order valence-electron chi connectivity index (χ2n) is 4.74. The van der Waals surface area contributed by atoms with Crippen LogP contribution in [0.25, 0.3) is 0 Å². The summed E-state index contributed by atoms with van der Waals surface area (Å²) in [4.78, 5) is 19.1. The van der Waals surface area contributed by atoms with Gasteiger partial charge in [0, 0.05) is 11.4 Å². The molecule has 106 valence electrons. The normalized spacial score (nSPS) is 15.7. The van der Waals surface area contributed by atoms with Gasteiger partial charge in [-0.2, -0.15) is 0 Å². The largest absolute Gasteiger partial charge is 0.464 e. The third-order valence-electron chi connectivity index (χ3n) is 3.30. The number of nitrogens with one attached hydrogen (secondary N) is 1. The predicted molar refractivity (Wildman–Crippen MR) is 77.0 cm³/mol. The van der Waals surface area contributed by atoms with Crippen LogP contribution in [0.1, 0.15) is 34.6 Å². The summed E-state index contributed by atoms with van der Waals surface area (Å²) in [5.41, 5.74) is 0.426. The van der Waals surface area contributed by atoms with Gasteiger partial charge in [0.1, 0.15) is 0 Å². The summed E-state index contributed by atoms with van der Waals surface area (Å²) in [6.07, 6.45) is 3.77. The van der Waals surface area contributed by atoms with Crippen molar-refractivity contribution in [1.29, 1.82) is 0 Å². The molecule has 19 heavy (non-hydrogen) atoms. The van der Waals surface area contributed by atoms with Gasteiger partial charge in [0.15, 0.2) is 10.8 Å². The highest BCUT2D eigenvalue weighted by atomic mass is 32.1. The molecule has 6 heteroatoms. The van der Waals surface area contributed by atoms with Crippen LogP contribution in [-0.2, 0) is 4.74 Å². The number of likely N-dealkylation sites (tertiary alicyclic amines) is 1. The average molecular weight is 283 g/mol. The number of esters is 1. The molecule has 0 radical (unpaired) electrons. The van der Waals surface area contributed by atoms with Gasteiger partial charge in [0.25, 0.3) is 0 Å². The lowest BCUT2D eigenvalue weighted by molar-refractivity contribution is 0.0594. The molecule has 0 atom stereocenters. The van der Waals surface area contributed by atoms with Crippen molar-refractivity contribution < 1.29 is 9.53 Å². The Balaban J connectivity index is 1.75. The Morgan fingerprint density at radius 2 is 2.21 bits per heavy atom. The second-order valence-corrected chi connectivity index (χ2v) is 5.95. The summed E-state index contributed by atoms with van der Waals surface area (Å²) in [6.45, 7) is 6.40. The van der Waals surface area contributed by atoms with Crippen LogP contribution in [0.4, 0.5) is 5.13 Å². The first-order valence-electron chi connectivity index (χ1n) is 6.72. The summed E-state index contributed by atoms with van der Waals surface area (Å²) < 4.78 is 4.69. The quantitative estimate of drug-likeness (QED) is 0.640. The first kappa shape index (κ1) is 14.3.